The highest BCUT2D eigenvalue weighted by molar-refractivity contribution is 5.94. The summed E-state index contributed by atoms with van der Waals surface area (Å²) in [6.07, 6.45) is 3.55. The lowest BCUT2D eigenvalue weighted by atomic mass is 9.95. The van der Waals surface area contributed by atoms with E-state index in [2.05, 4.69) is 0 Å². The van der Waals surface area contributed by atoms with E-state index < -0.39 is 12.6 Å². The number of rotatable bonds is 5. The summed E-state index contributed by atoms with van der Waals surface area (Å²) in [5.74, 6) is -0.567. The number of carbonyl (C=O) groups is 3. The van der Waals surface area contributed by atoms with Gasteiger partial charge in [-0.2, -0.15) is 0 Å². The van der Waals surface area contributed by atoms with Gasteiger partial charge in [0.15, 0.2) is 6.61 Å². The van der Waals surface area contributed by atoms with Crippen LogP contribution in [0.15, 0.2) is 24.3 Å². The molecule has 26 heavy (non-hydrogen) atoms. The molecule has 1 N–H and O–H groups in total. The Labute approximate surface area is 152 Å². The monoisotopic (exact) mass is 360 g/mol. The standard InChI is InChI=1S/C19H24N2O5/c22-17(23)13-26-16-5-3-4-15(12-16)19(25)21-10-6-14(7-11-21)18(24)20-8-1-2-9-20/h3-5,12,14H,1-2,6-11,13H2,(H,22,23). The molecule has 2 amide bonds. The van der Waals surface area contributed by atoms with Gasteiger partial charge in [0.25, 0.3) is 5.91 Å². The van der Waals surface area contributed by atoms with Gasteiger partial charge in [0, 0.05) is 37.7 Å². The molecule has 140 valence electrons. The zero-order valence-electron chi connectivity index (χ0n) is 14.7. The van der Waals surface area contributed by atoms with Gasteiger partial charge in [-0.1, -0.05) is 6.07 Å². The summed E-state index contributed by atoms with van der Waals surface area (Å²) < 4.78 is 5.13. The van der Waals surface area contributed by atoms with E-state index >= 15 is 0 Å². The van der Waals surface area contributed by atoms with E-state index in [4.69, 9.17) is 9.84 Å². The molecule has 7 heteroatoms. The number of carboxylic acids is 1. The lowest BCUT2D eigenvalue weighted by molar-refractivity contribution is -0.139. The maximum atomic E-state index is 12.7. The molecule has 0 aliphatic carbocycles. The summed E-state index contributed by atoms with van der Waals surface area (Å²) in [5, 5.41) is 8.67. The number of nitrogens with zero attached hydrogens (tertiary/aromatic N) is 2. The van der Waals surface area contributed by atoms with Gasteiger partial charge in [0.1, 0.15) is 5.75 Å². The minimum absolute atomic E-state index is 0.0161. The maximum absolute atomic E-state index is 12.7. The lowest BCUT2D eigenvalue weighted by Gasteiger charge is -2.33. The molecule has 0 bridgehead atoms. The molecule has 0 atom stereocenters. The number of amides is 2. The molecule has 2 heterocycles. The third kappa shape index (κ3) is 4.33. The van der Waals surface area contributed by atoms with E-state index in [0.717, 1.165) is 25.9 Å². The molecular formula is C19H24N2O5. The first-order chi connectivity index (χ1) is 12.5. The Morgan fingerprint density at radius 1 is 1.04 bits per heavy atom. The number of carbonyl (C=O) groups excluding carboxylic acids is 2. The number of piperidine rings is 1. The zero-order chi connectivity index (χ0) is 18.5. The largest absolute Gasteiger partial charge is 0.482 e. The highest BCUT2D eigenvalue weighted by Gasteiger charge is 2.31. The van der Waals surface area contributed by atoms with Crippen molar-refractivity contribution in [3.05, 3.63) is 29.8 Å². The minimum Gasteiger partial charge on any atom is -0.482 e. The first-order valence-corrected chi connectivity index (χ1v) is 9.07. The van der Waals surface area contributed by atoms with Crippen LogP contribution in [0.1, 0.15) is 36.0 Å². The highest BCUT2D eigenvalue weighted by Crippen LogP contribution is 2.24. The van der Waals surface area contributed by atoms with Gasteiger partial charge in [0.2, 0.25) is 5.91 Å². The molecule has 0 unspecified atom stereocenters. The van der Waals surface area contributed by atoms with Gasteiger partial charge in [0.05, 0.1) is 0 Å². The van der Waals surface area contributed by atoms with Crippen molar-refractivity contribution in [3.8, 4) is 5.75 Å². The Morgan fingerprint density at radius 2 is 1.73 bits per heavy atom. The number of aliphatic carboxylic acids is 1. The Kier molecular flexibility index (Phi) is 5.75. The topological polar surface area (TPSA) is 87.1 Å². The second-order valence-corrected chi connectivity index (χ2v) is 6.81. The number of benzene rings is 1. The molecular weight excluding hydrogens is 336 g/mol. The quantitative estimate of drug-likeness (QED) is 0.862. The number of likely N-dealkylation sites (tertiary alicyclic amines) is 2. The van der Waals surface area contributed by atoms with Gasteiger partial charge in [-0.3, -0.25) is 9.59 Å². The summed E-state index contributed by atoms with van der Waals surface area (Å²) in [6, 6.07) is 6.55. The van der Waals surface area contributed by atoms with Gasteiger partial charge >= 0.3 is 5.97 Å². The summed E-state index contributed by atoms with van der Waals surface area (Å²) >= 11 is 0. The Bertz CT molecular complexity index is 676. The molecule has 2 saturated heterocycles. The number of ether oxygens (including phenoxy) is 1. The molecule has 3 rings (SSSR count). The third-order valence-corrected chi connectivity index (χ3v) is 4.99. The van der Waals surface area contributed by atoms with Gasteiger partial charge in [-0.25, -0.2) is 4.79 Å². The SMILES string of the molecule is O=C(O)COc1cccc(C(=O)N2CCC(C(=O)N3CCCC3)CC2)c1. The van der Waals surface area contributed by atoms with Crippen molar-refractivity contribution in [2.45, 2.75) is 25.7 Å². The smallest absolute Gasteiger partial charge is 0.341 e. The van der Waals surface area contributed by atoms with Crippen LogP contribution in [0.2, 0.25) is 0 Å². The minimum atomic E-state index is -1.06. The lowest BCUT2D eigenvalue weighted by Crippen LogP contribution is -2.43. The van der Waals surface area contributed by atoms with E-state index in [1.54, 1.807) is 29.2 Å². The number of hydrogen-bond acceptors (Lipinski definition) is 4. The van der Waals surface area contributed by atoms with Crippen molar-refractivity contribution in [2.75, 3.05) is 32.8 Å². The van der Waals surface area contributed by atoms with Crippen molar-refractivity contribution in [1.29, 1.82) is 0 Å². The summed E-state index contributed by atoms with van der Waals surface area (Å²) in [5.41, 5.74) is 0.470. The summed E-state index contributed by atoms with van der Waals surface area (Å²) in [6.45, 7) is 2.40. The predicted octanol–water partition coefficient (Wildman–Crippen LogP) is 1.62. The third-order valence-electron chi connectivity index (χ3n) is 4.99. The van der Waals surface area contributed by atoms with Crippen molar-refractivity contribution >= 4 is 17.8 Å². The van der Waals surface area contributed by atoms with Crippen LogP contribution in [0, 0.1) is 5.92 Å². The van der Waals surface area contributed by atoms with Crippen molar-refractivity contribution in [1.82, 2.24) is 9.80 Å². The van der Waals surface area contributed by atoms with E-state index in [0.29, 0.717) is 37.2 Å². The number of hydrogen-bond donors (Lipinski definition) is 1. The van der Waals surface area contributed by atoms with Crippen molar-refractivity contribution in [2.24, 2.45) is 5.92 Å². The summed E-state index contributed by atoms with van der Waals surface area (Å²) in [7, 11) is 0. The van der Waals surface area contributed by atoms with Gasteiger partial charge < -0.3 is 19.6 Å². The van der Waals surface area contributed by atoms with Crippen LogP contribution in [0.5, 0.6) is 5.75 Å². The zero-order valence-corrected chi connectivity index (χ0v) is 14.7. The Morgan fingerprint density at radius 3 is 2.38 bits per heavy atom. The highest BCUT2D eigenvalue weighted by atomic mass is 16.5. The molecule has 2 fully saturated rings. The van der Waals surface area contributed by atoms with E-state index in [-0.39, 0.29) is 17.7 Å². The van der Waals surface area contributed by atoms with Crippen molar-refractivity contribution in [3.63, 3.8) is 0 Å². The fourth-order valence-electron chi connectivity index (χ4n) is 3.57. The fourth-order valence-corrected chi connectivity index (χ4v) is 3.57. The van der Waals surface area contributed by atoms with Crippen molar-refractivity contribution < 1.29 is 24.2 Å². The van der Waals surface area contributed by atoms with Crippen LogP contribution in [0.3, 0.4) is 0 Å². The molecule has 1 aromatic carbocycles. The molecule has 2 aliphatic heterocycles. The predicted molar refractivity (Wildman–Crippen MR) is 94.0 cm³/mol. The first-order valence-electron chi connectivity index (χ1n) is 9.07. The molecule has 0 aromatic heterocycles. The molecule has 1 aromatic rings. The molecule has 0 spiro atoms. The number of carboxylic acid groups (broad SMARTS) is 1. The molecule has 0 saturated carbocycles. The normalized spacial score (nSPS) is 18.0. The van der Waals surface area contributed by atoms with Crippen LogP contribution in [-0.4, -0.2) is 65.5 Å². The summed E-state index contributed by atoms with van der Waals surface area (Å²) in [4.78, 5) is 39.5. The maximum Gasteiger partial charge on any atom is 0.341 e. The van der Waals surface area contributed by atoms with E-state index in [9.17, 15) is 14.4 Å². The molecule has 7 nitrogen and oxygen atoms in total. The fraction of sp³-hybridized carbons (Fsp3) is 0.526. The van der Waals surface area contributed by atoms with Crippen LogP contribution in [0.4, 0.5) is 0 Å². The molecule has 0 radical (unpaired) electrons. The van der Waals surface area contributed by atoms with Crippen LogP contribution in [-0.2, 0) is 9.59 Å². The van der Waals surface area contributed by atoms with Crippen LogP contribution in [0.25, 0.3) is 0 Å². The van der Waals surface area contributed by atoms with Gasteiger partial charge in [-0.05, 0) is 43.9 Å². The average Bonchev–Trinajstić information content (AvgIpc) is 3.20. The average molecular weight is 360 g/mol. The Hall–Kier alpha value is -2.57. The van der Waals surface area contributed by atoms with Crippen LogP contribution < -0.4 is 4.74 Å². The van der Waals surface area contributed by atoms with Crippen LogP contribution >= 0.6 is 0 Å². The molecule has 2 aliphatic rings. The van der Waals surface area contributed by atoms with E-state index in [1.165, 1.54) is 0 Å². The second kappa shape index (κ2) is 8.21. The second-order valence-electron chi connectivity index (χ2n) is 6.81. The Balaban J connectivity index is 1.55. The van der Waals surface area contributed by atoms with E-state index in [1.807, 2.05) is 4.90 Å². The van der Waals surface area contributed by atoms with Gasteiger partial charge in [-0.15, -0.1) is 0 Å². The first kappa shape index (κ1) is 18.2.